The van der Waals surface area contributed by atoms with Crippen LogP contribution in [0.2, 0.25) is 0 Å². The number of nitrogens with zero attached hydrogens (tertiary/aromatic N) is 2. The Labute approximate surface area is 149 Å². The van der Waals surface area contributed by atoms with Crippen LogP contribution < -0.4 is 0 Å². The quantitative estimate of drug-likeness (QED) is 0.622. The van der Waals surface area contributed by atoms with Gasteiger partial charge in [0.1, 0.15) is 0 Å². The van der Waals surface area contributed by atoms with E-state index in [0.717, 1.165) is 22.9 Å². The Bertz CT molecular complexity index is 943. The maximum absolute atomic E-state index is 4.82. The van der Waals surface area contributed by atoms with E-state index < -0.39 is 0 Å². The molecule has 2 atom stereocenters. The number of hydrogen-bond donors (Lipinski definition) is 0. The van der Waals surface area contributed by atoms with Gasteiger partial charge in [-0.2, -0.15) is 0 Å². The summed E-state index contributed by atoms with van der Waals surface area (Å²) in [5.74, 6) is 1.53. The first-order valence-electron chi connectivity index (χ1n) is 9.13. The highest BCUT2D eigenvalue weighted by Gasteiger charge is 2.52. The fraction of sp³-hybridized carbons (Fsp3) is 0.304. The van der Waals surface area contributed by atoms with Gasteiger partial charge in [-0.15, -0.1) is 0 Å². The van der Waals surface area contributed by atoms with Gasteiger partial charge in [-0.25, -0.2) is 0 Å². The Hall–Kier alpha value is -2.48. The molecule has 1 aromatic carbocycles. The third-order valence-electron chi connectivity index (χ3n) is 6.46. The highest BCUT2D eigenvalue weighted by molar-refractivity contribution is 5.70. The number of pyridine rings is 2. The smallest absolute Gasteiger partial charge is 0.0705 e. The van der Waals surface area contributed by atoms with Crippen LogP contribution in [-0.4, -0.2) is 9.97 Å². The van der Waals surface area contributed by atoms with E-state index in [1.165, 1.54) is 29.5 Å². The van der Waals surface area contributed by atoms with Gasteiger partial charge < -0.3 is 0 Å². The van der Waals surface area contributed by atoms with Crippen LogP contribution in [0.3, 0.4) is 0 Å². The molecule has 0 N–H and O–H groups in total. The fourth-order valence-corrected chi connectivity index (χ4v) is 4.68. The summed E-state index contributed by atoms with van der Waals surface area (Å²) in [7, 11) is 0. The lowest BCUT2D eigenvalue weighted by Crippen LogP contribution is -2.48. The predicted octanol–water partition coefficient (Wildman–Crippen LogP) is 5.50. The van der Waals surface area contributed by atoms with Crippen molar-refractivity contribution < 1.29 is 0 Å². The Morgan fingerprint density at radius 3 is 2.52 bits per heavy atom. The monoisotopic (exact) mass is 326 g/mol. The van der Waals surface area contributed by atoms with E-state index in [1.54, 1.807) is 0 Å². The minimum atomic E-state index is 0.453. The highest BCUT2D eigenvalue weighted by Crippen LogP contribution is 2.62. The van der Waals surface area contributed by atoms with Gasteiger partial charge in [0.2, 0.25) is 0 Å². The summed E-state index contributed by atoms with van der Waals surface area (Å²) < 4.78 is 0. The molecule has 2 heteroatoms. The third-order valence-corrected chi connectivity index (χ3v) is 6.46. The molecule has 25 heavy (non-hydrogen) atoms. The zero-order valence-electron chi connectivity index (χ0n) is 14.7. The van der Waals surface area contributed by atoms with Gasteiger partial charge in [0.15, 0.2) is 0 Å². The number of hydrogen-bond acceptors (Lipinski definition) is 2. The van der Waals surface area contributed by atoms with E-state index in [-0.39, 0.29) is 0 Å². The molecule has 2 bridgehead atoms. The van der Waals surface area contributed by atoms with E-state index in [9.17, 15) is 0 Å². The Morgan fingerprint density at radius 2 is 1.76 bits per heavy atom. The minimum Gasteiger partial charge on any atom is -0.256 e. The first kappa shape index (κ1) is 14.8. The Kier molecular flexibility index (Phi) is 3.12. The molecule has 3 aliphatic carbocycles. The summed E-state index contributed by atoms with van der Waals surface area (Å²) in [6, 6.07) is 16.9. The summed E-state index contributed by atoms with van der Waals surface area (Å²) in [5.41, 5.74) is 7.84. The van der Waals surface area contributed by atoms with Crippen LogP contribution in [0.1, 0.15) is 37.3 Å². The second-order valence-corrected chi connectivity index (χ2v) is 8.07. The van der Waals surface area contributed by atoms with Crippen molar-refractivity contribution >= 4 is 0 Å². The first-order chi connectivity index (χ1) is 12.1. The van der Waals surface area contributed by atoms with Crippen LogP contribution in [0, 0.1) is 11.3 Å². The number of benzene rings is 1. The molecular weight excluding hydrogens is 304 g/mol. The third kappa shape index (κ3) is 2.24. The molecule has 1 fully saturated rings. The topological polar surface area (TPSA) is 25.8 Å². The summed E-state index contributed by atoms with van der Waals surface area (Å²) in [5, 5.41) is 0. The molecule has 0 amide bonds. The van der Waals surface area contributed by atoms with Crippen LogP contribution in [0.25, 0.3) is 22.5 Å². The molecule has 2 nitrogen and oxygen atoms in total. The second-order valence-electron chi connectivity index (χ2n) is 8.07. The minimum absolute atomic E-state index is 0.453. The molecule has 0 radical (unpaired) electrons. The van der Waals surface area contributed by atoms with E-state index >= 15 is 0 Å². The molecule has 0 unspecified atom stereocenters. The SMILES string of the molecule is CC1(C)[C@H]2Cc3cc(-c4cccc(-c5ccccn5)c4)ncc3[C@H]1C2. The van der Waals surface area contributed by atoms with Gasteiger partial charge in [-0.05, 0) is 65.5 Å². The standard InChI is InChI=1S/C23H22N2/c1-23(2)18-11-17-12-22(25-14-19(17)20(23)13-18)16-7-5-6-15(10-16)21-8-3-4-9-24-21/h3-10,12,14,18,20H,11,13H2,1-2H3/t18-,20+/m0/s1. The van der Waals surface area contributed by atoms with Crippen LogP contribution in [-0.2, 0) is 6.42 Å². The van der Waals surface area contributed by atoms with E-state index in [2.05, 4.69) is 61.4 Å². The lowest BCUT2D eigenvalue weighted by molar-refractivity contribution is 0.0183. The van der Waals surface area contributed by atoms with Crippen molar-refractivity contribution in [3.05, 3.63) is 72.1 Å². The highest BCUT2D eigenvalue weighted by atomic mass is 14.7. The number of aromatic nitrogens is 2. The van der Waals surface area contributed by atoms with Crippen LogP contribution >= 0.6 is 0 Å². The van der Waals surface area contributed by atoms with Crippen molar-refractivity contribution in [3.63, 3.8) is 0 Å². The van der Waals surface area contributed by atoms with Gasteiger partial charge >= 0.3 is 0 Å². The van der Waals surface area contributed by atoms with Crippen molar-refractivity contribution in [2.24, 2.45) is 11.3 Å². The van der Waals surface area contributed by atoms with Crippen molar-refractivity contribution in [1.82, 2.24) is 9.97 Å². The fourth-order valence-electron chi connectivity index (χ4n) is 4.68. The van der Waals surface area contributed by atoms with Gasteiger partial charge in [0.05, 0.1) is 11.4 Å². The van der Waals surface area contributed by atoms with Gasteiger partial charge in [-0.1, -0.05) is 38.1 Å². The Balaban J connectivity index is 1.53. The molecule has 3 aromatic rings. The van der Waals surface area contributed by atoms with Crippen molar-refractivity contribution in [2.75, 3.05) is 0 Å². The molecule has 124 valence electrons. The summed E-state index contributed by atoms with van der Waals surface area (Å²) in [4.78, 5) is 9.28. The average molecular weight is 326 g/mol. The molecule has 0 spiro atoms. The molecule has 6 rings (SSSR count). The molecule has 2 heterocycles. The van der Waals surface area contributed by atoms with Crippen molar-refractivity contribution in [1.29, 1.82) is 0 Å². The van der Waals surface area contributed by atoms with Gasteiger partial charge in [0, 0.05) is 23.5 Å². The summed E-state index contributed by atoms with van der Waals surface area (Å²) in [6.45, 7) is 4.83. The number of rotatable bonds is 2. The largest absolute Gasteiger partial charge is 0.256 e. The van der Waals surface area contributed by atoms with E-state index in [0.29, 0.717) is 11.3 Å². The van der Waals surface area contributed by atoms with Crippen LogP contribution in [0.5, 0.6) is 0 Å². The maximum Gasteiger partial charge on any atom is 0.0705 e. The van der Waals surface area contributed by atoms with Gasteiger partial charge in [0.25, 0.3) is 0 Å². The van der Waals surface area contributed by atoms with Gasteiger partial charge in [-0.3, -0.25) is 9.97 Å². The normalized spacial score (nSPS) is 22.8. The van der Waals surface area contributed by atoms with Crippen LogP contribution in [0.15, 0.2) is 60.9 Å². The predicted molar refractivity (Wildman–Crippen MR) is 101 cm³/mol. The molecule has 1 saturated carbocycles. The molecule has 3 aliphatic rings. The molecular formula is C23H22N2. The second kappa shape index (κ2) is 5.26. The molecule has 0 aliphatic heterocycles. The average Bonchev–Trinajstić information content (AvgIpc) is 2.67. The van der Waals surface area contributed by atoms with E-state index in [4.69, 9.17) is 4.98 Å². The first-order valence-corrected chi connectivity index (χ1v) is 9.13. The maximum atomic E-state index is 4.82. The summed E-state index contributed by atoms with van der Waals surface area (Å²) >= 11 is 0. The lowest BCUT2D eigenvalue weighted by Gasteiger charge is -2.57. The van der Waals surface area contributed by atoms with Crippen molar-refractivity contribution in [2.45, 2.75) is 32.6 Å². The zero-order chi connectivity index (χ0) is 17.0. The van der Waals surface area contributed by atoms with E-state index in [1.807, 2.05) is 18.3 Å². The van der Waals surface area contributed by atoms with Crippen molar-refractivity contribution in [3.8, 4) is 22.5 Å². The Morgan fingerprint density at radius 1 is 0.920 bits per heavy atom. The molecule has 2 aromatic heterocycles. The summed E-state index contributed by atoms with van der Waals surface area (Å²) in [6.07, 6.45) is 6.53. The zero-order valence-corrected chi connectivity index (χ0v) is 14.7. The van der Waals surface area contributed by atoms with Crippen LogP contribution in [0.4, 0.5) is 0 Å². The lowest BCUT2D eigenvalue weighted by atomic mass is 9.47. The molecule has 0 saturated heterocycles.